The minimum absolute atomic E-state index is 0.273. The van der Waals surface area contributed by atoms with Crippen LogP contribution in [0.1, 0.15) is 41.4 Å². The van der Waals surface area contributed by atoms with Crippen LogP contribution in [0.4, 0.5) is 0 Å². The fourth-order valence-corrected chi connectivity index (χ4v) is 5.02. The Balaban J connectivity index is 1.38. The summed E-state index contributed by atoms with van der Waals surface area (Å²) >= 11 is 0. The summed E-state index contributed by atoms with van der Waals surface area (Å²) in [5.41, 5.74) is 5.72. The van der Waals surface area contributed by atoms with E-state index in [1.54, 1.807) is 7.11 Å². The first-order chi connectivity index (χ1) is 13.7. The maximum atomic E-state index is 5.64. The summed E-state index contributed by atoms with van der Waals surface area (Å²) in [6.07, 6.45) is 5.40. The zero-order valence-electron chi connectivity index (χ0n) is 16.0. The Morgan fingerprint density at radius 2 is 2.04 bits per heavy atom. The number of hydrogen-bond acceptors (Lipinski definition) is 6. The van der Waals surface area contributed by atoms with Gasteiger partial charge in [0, 0.05) is 54.5 Å². The fraction of sp³-hybridized carbons (Fsp3) is 0.429. The number of hydrogen-bond donors (Lipinski definition) is 0. The average molecular weight is 378 g/mol. The van der Waals surface area contributed by atoms with E-state index in [2.05, 4.69) is 31.8 Å². The van der Waals surface area contributed by atoms with E-state index < -0.39 is 0 Å². The van der Waals surface area contributed by atoms with Gasteiger partial charge in [0.25, 0.3) is 0 Å². The molecule has 0 radical (unpaired) electrons. The van der Waals surface area contributed by atoms with E-state index in [1.165, 1.54) is 17.7 Å². The van der Waals surface area contributed by atoms with Gasteiger partial charge in [0.15, 0.2) is 17.1 Å². The number of aromatic nitrogens is 3. The number of ether oxygens (including phenoxy) is 3. The van der Waals surface area contributed by atoms with Crippen LogP contribution in [0.15, 0.2) is 24.4 Å². The van der Waals surface area contributed by atoms with E-state index in [0.29, 0.717) is 12.1 Å². The smallest absolute Gasteiger partial charge is 0.231 e. The van der Waals surface area contributed by atoms with Gasteiger partial charge in [0.1, 0.15) is 5.75 Å². The highest BCUT2D eigenvalue weighted by molar-refractivity contribution is 5.52. The zero-order valence-corrected chi connectivity index (χ0v) is 16.0. The molecule has 0 aliphatic carbocycles. The number of nitrogens with zero attached hydrogens (tertiary/aromatic N) is 4. The second-order valence-corrected chi connectivity index (χ2v) is 7.86. The number of benzene rings is 1. The molecule has 28 heavy (non-hydrogen) atoms. The Labute approximate surface area is 162 Å². The number of aryl methyl sites for hydroxylation is 1. The van der Waals surface area contributed by atoms with Crippen molar-refractivity contribution < 1.29 is 14.2 Å². The van der Waals surface area contributed by atoms with Crippen LogP contribution in [0.3, 0.4) is 0 Å². The van der Waals surface area contributed by atoms with Crippen molar-refractivity contribution in [2.75, 3.05) is 13.9 Å². The SMILES string of the molecule is COc1cc2c(cc1CN1C3CCC1c1cnc4cc(C)nn4c1C3)OCO2. The average Bonchev–Trinajstić information content (AvgIpc) is 3.37. The molecule has 3 aromatic rings. The van der Waals surface area contributed by atoms with E-state index in [1.807, 2.05) is 19.1 Å². The third kappa shape index (κ3) is 2.26. The molecule has 6 rings (SSSR count). The highest BCUT2D eigenvalue weighted by Gasteiger charge is 2.41. The molecule has 2 atom stereocenters. The topological polar surface area (TPSA) is 61.1 Å². The maximum Gasteiger partial charge on any atom is 0.231 e. The molecule has 0 saturated carbocycles. The first kappa shape index (κ1) is 16.2. The lowest BCUT2D eigenvalue weighted by molar-refractivity contribution is 0.163. The van der Waals surface area contributed by atoms with Crippen LogP contribution in [0.25, 0.3) is 5.65 Å². The van der Waals surface area contributed by atoms with Gasteiger partial charge in [-0.15, -0.1) is 0 Å². The van der Waals surface area contributed by atoms with Crippen molar-refractivity contribution in [2.24, 2.45) is 0 Å². The molecule has 0 N–H and O–H groups in total. The number of methoxy groups -OCH3 is 1. The van der Waals surface area contributed by atoms with Crippen molar-refractivity contribution >= 4 is 5.65 Å². The Morgan fingerprint density at radius 3 is 2.89 bits per heavy atom. The first-order valence-corrected chi connectivity index (χ1v) is 9.77. The minimum atomic E-state index is 0.273. The largest absolute Gasteiger partial charge is 0.496 e. The Morgan fingerprint density at radius 1 is 1.18 bits per heavy atom. The fourth-order valence-electron chi connectivity index (χ4n) is 5.02. The lowest BCUT2D eigenvalue weighted by Gasteiger charge is -2.36. The van der Waals surface area contributed by atoms with Crippen molar-refractivity contribution in [3.8, 4) is 17.2 Å². The van der Waals surface area contributed by atoms with Gasteiger partial charge in [-0.1, -0.05) is 0 Å². The molecular weight excluding hydrogens is 356 g/mol. The molecule has 1 saturated heterocycles. The zero-order chi connectivity index (χ0) is 18.8. The van der Waals surface area contributed by atoms with Gasteiger partial charge in [-0.05, 0) is 25.8 Å². The van der Waals surface area contributed by atoms with Gasteiger partial charge >= 0.3 is 0 Å². The number of rotatable bonds is 3. The highest BCUT2D eigenvalue weighted by atomic mass is 16.7. The van der Waals surface area contributed by atoms with Gasteiger partial charge in [0.05, 0.1) is 18.5 Å². The second kappa shape index (κ2) is 5.85. The van der Waals surface area contributed by atoms with E-state index in [9.17, 15) is 0 Å². The van der Waals surface area contributed by atoms with Gasteiger partial charge < -0.3 is 14.2 Å². The molecule has 3 aliphatic heterocycles. The molecule has 7 nitrogen and oxygen atoms in total. The predicted octanol–water partition coefficient (Wildman–Crippen LogP) is 3.04. The van der Waals surface area contributed by atoms with Gasteiger partial charge in [-0.25, -0.2) is 9.50 Å². The van der Waals surface area contributed by atoms with Crippen molar-refractivity contribution in [2.45, 2.75) is 44.8 Å². The monoisotopic (exact) mass is 378 g/mol. The molecule has 144 valence electrons. The Bertz CT molecular complexity index is 1090. The highest BCUT2D eigenvalue weighted by Crippen LogP contribution is 2.46. The molecule has 0 spiro atoms. The minimum Gasteiger partial charge on any atom is -0.496 e. The molecule has 2 bridgehead atoms. The lowest BCUT2D eigenvalue weighted by Crippen LogP contribution is -2.38. The Hall–Kier alpha value is -2.80. The molecule has 2 unspecified atom stereocenters. The molecule has 3 aliphatic rings. The molecule has 5 heterocycles. The normalized spacial score (nSPS) is 22.6. The summed E-state index contributed by atoms with van der Waals surface area (Å²) in [5, 5.41) is 4.68. The molecule has 1 fully saturated rings. The third-order valence-electron chi connectivity index (χ3n) is 6.30. The molecular formula is C21H22N4O3. The van der Waals surface area contributed by atoms with Crippen LogP contribution in [-0.2, 0) is 13.0 Å². The summed E-state index contributed by atoms with van der Waals surface area (Å²) in [6, 6.07) is 6.92. The second-order valence-electron chi connectivity index (χ2n) is 7.86. The van der Waals surface area contributed by atoms with Crippen LogP contribution < -0.4 is 14.2 Å². The summed E-state index contributed by atoms with van der Waals surface area (Å²) < 4.78 is 18.8. The van der Waals surface area contributed by atoms with Crippen LogP contribution in [-0.4, -0.2) is 39.4 Å². The van der Waals surface area contributed by atoms with Crippen molar-refractivity contribution in [3.05, 3.63) is 46.9 Å². The summed E-state index contributed by atoms with van der Waals surface area (Å²) in [7, 11) is 1.71. The van der Waals surface area contributed by atoms with Crippen molar-refractivity contribution in [1.29, 1.82) is 0 Å². The van der Waals surface area contributed by atoms with Crippen molar-refractivity contribution in [1.82, 2.24) is 19.5 Å². The quantitative estimate of drug-likeness (QED) is 0.698. The Kier molecular flexibility index (Phi) is 3.38. The van der Waals surface area contributed by atoms with E-state index in [0.717, 1.165) is 53.5 Å². The van der Waals surface area contributed by atoms with Gasteiger partial charge in [-0.2, -0.15) is 5.10 Å². The van der Waals surface area contributed by atoms with E-state index in [4.69, 9.17) is 14.2 Å². The number of fused-ring (bicyclic) bond motifs is 7. The van der Waals surface area contributed by atoms with Crippen molar-refractivity contribution in [3.63, 3.8) is 0 Å². The standard InChI is InChI=1S/C21H22N4O3/c1-12-5-21-22-9-15-16-4-3-14(7-17(15)25(21)23-12)24(16)10-13-6-19-20(28-11-27-19)8-18(13)26-2/h5-6,8-9,14,16H,3-4,7,10-11H2,1-2H3. The van der Waals surface area contributed by atoms with Crippen LogP contribution in [0, 0.1) is 6.92 Å². The molecule has 2 aromatic heterocycles. The molecule has 7 heteroatoms. The molecule has 1 aromatic carbocycles. The van der Waals surface area contributed by atoms with Crippen LogP contribution >= 0.6 is 0 Å². The van der Waals surface area contributed by atoms with E-state index >= 15 is 0 Å². The lowest BCUT2D eigenvalue weighted by atomic mass is 9.98. The predicted molar refractivity (Wildman–Crippen MR) is 102 cm³/mol. The van der Waals surface area contributed by atoms with Crippen LogP contribution in [0.5, 0.6) is 17.2 Å². The third-order valence-corrected chi connectivity index (χ3v) is 6.30. The first-order valence-electron chi connectivity index (χ1n) is 9.77. The summed E-state index contributed by atoms with van der Waals surface area (Å²) in [5.74, 6) is 2.41. The van der Waals surface area contributed by atoms with Gasteiger partial charge in [0.2, 0.25) is 6.79 Å². The maximum absolute atomic E-state index is 5.64. The van der Waals surface area contributed by atoms with E-state index in [-0.39, 0.29) is 6.79 Å². The summed E-state index contributed by atoms with van der Waals surface area (Å²) in [4.78, 5) is 7.26. The molecule has 0 amide bonds. The van der Waals surface area contributed by atoms with Crippen LogP contribution in [0.2, 0.25) is 0 Å². The van der Waals surface area contributed by atoms with Gasteiger partial charge in [-0.3, -0.25) is 4.90 Å². The summed E-state index contributed by atoms with van der Waals surface area (Å²) in [6.45, 7) is 3.12.